The number of carbonyl (C=O) groups excluding carboxylic acids is 2. The van der Waals surface area contributed by atoms with E-state index in [1.54, 1.807) is 7.05 Å². The van der Waals surface area contributed by atoms with Crippen LogP contribution in [-0.2, 0) is 16.6 Å². The van der Waals surface area contributed by atoms with E-state index in [0.29, 0.717) is 13.0 Å². The van der Waals surface area contributed by atoms with Gasteiger partial charge in [0.25, 0.3) is 5.91 Å². The van der Waals surface area contributed by atoms with Gasteiger partial charge in [-0.1, -0.05) is 55.5 Å². The summed E-state index contributed by atoms with van der Waals surface area (Å²) in [4.78, 5) is 36.1. The van der Waals surface area contributed by atoms with Crippen molar-refractivity contribution in [3.63, 3.8) is 0 Å². The maximum absolute atomic E-state index is 12.7. The predicted octanol–water partition coefficient (Wildman–Crippen LogP) is 4.01. The number of benzene rings is 2. The Balaban J connectivity index is 1.37. The Hall–Kier alpha value is -4.14. The fourth-order valence-corrected chi connectivity index (χ4v) is 4.41. The van der Waals surface area contributed by atoms with E-state index in [-0.39, 0.29) is 36.2 Å². The summed E-state index contributed by atoms with van der Waals surface area (Å²) in [5.41, 5.74) is 4.70. The summed E-state index contributed by atoms with van der Waals surface area (Å²) in [7, 11) is 1.62. The first-order chi connectivity index (χ1) is 16.8. The van der Waals surface area contributed by atoms with Crippen LogP contribution >= 0.6 is 0 Å². The molecule has 1 heterocycles. The SMILES string of the molecule is CC(CCNC(=O)c1cnn(C)c1NC(=O)OCC1c2ccccc2-c2ccccc21)CC(=O)O. The number of hydrogen-bond acceptors (Lipinski definition) is 5. The molecule has 1 atom stereocenters. The first-order valence-corrected chi connectivity index (χ1v) is 11.5. The van der Waals surface area contributed by atoms with E-state index in [9.17, 15) is 14.4 Å². The van der Waals surface area contributed by atoms with Crippen molar-refractivity contribution in [3.05, 3.63) is 71.4 Å². The number of aliphatic carboxylic acids is 1. The molecule has 0 aliphatic heterocycles. The second kappa shape index (κ2) is 10.4. The third-order valence-corrected chi connectivity index (χ3v) is 6.19. The molecule has 9 nitrogen and oxygen atoms in total. The lowest BCUT2D eigenvalue weighted by molar-refractivity contribution is -0.138. The van der Waals surface area contributed by atoms with E-state index in [1.807, 2.05) is 43.3 Å². The van der Waals surface area contributed by atoms with Gasteiger partial charge >= 0.3 is 12.1 Å². The van der Waals surface area contributed by atoms with Crippen molar-refractivity contribution in [1.82, 2.24) is 15.1 Å². The zero-order chi connectivity index (χ0) is 24.9. The average Bonchev–Trinajstić information content (AvgIpc) is 3.35. The topological polar surface area (TPSA) is 123 Å². The van der Waals surface area contributed by atoms with Crippen molar-refractivity contribution >= 4 is 23.8 Å². The Morgan fingerprint density at radius 1 is 1.09 bits per heavy atom. The maximum Gasteiger partial charge on any atom is 0.412 e. The molecule has 0 saturated heterocycles. The van der Waals surface area contributed by atoms with Crippen LogP contribution in [0.4, 0.5) is 10.6 Å². The summed E-state index contributed by atoms with van der Waals surface area (Å²) in [6.45, 7) is 2.28. The predicted molar refractivity (Wildman–Crippen MR) is 130 cm³/mol. The summed E-state index contributed by atoms with van der Waals surface area (Å²) in [6, 6.07) is 16.2. The number of carboxylic acids is 1. The number of amides is 2. The summed E-state index contributed by atoms with van der Waals surface area (Å²) < 4.78 is 6.97. The fourth-order valence-electron chi connectivity index (χ4n) is 4.41. The smallest absolute Gasteiger partial charge is 0.412 e. The monoisotopic (exact) mass is 476 g/mol. The van der Waals surface area contributed by atoms with Crippen molar-refractivity contribution in [2.45, 2.75) is 25.7 Å². The van der Waals surface area contributed by atoms with Crippen LogP contribution in [0.25, 0.3) is 11.1 Å². The van der Waals surface area contributed by atoms with Crippen molar-refractivity contribution in [1.29, 1.82) is 0 Å². The zero-order valence-corrected chi connectivity index (χ0v) is 19.7. The highest BCUT2D eigenvalue weighted by Crippen LogP contribution is 2.44. The van der Waals surface area contributed by atoms with Gasteiger partial charge in [0.05, 0.1) is 6.20 Å². The lowest BCUT2D eigenvalue weighted by Gasteiger charge is -2.15. The number of rotatable bonds is 9. The first-order valence-electron chi connectivity index (χ1n) is 11.5. The van der Waals surface area contributed by atoms with E-state index in [2.05, 4.69) is 27.9 Å². The van der Waals surface area contributed by atoms with Crippen LogP contribution < -0.4 is 10.6 Å². The molecule has 182 valence electrons. The largest absolute Gasteiger partial charge is 0.481 e. The summed E-state index contributed by atoms with van der Waals surface area (Å²) in [6.07, 6.45) is 1.25. The standard InChI is InChI=1S/C26H28N4O5/c1-16(13-23(31)32)11-12-27-25(33)21-14-28-30(2)24(21)29-26(34)35-15-22-19-9-5-3-7-17(19)18-8-4-6-10-20(18)22/h3-10,14,16,22H,11-13,15H2,1-2H3,(H,27,33)(H,29,34)(H,31,32). The number of fused-ring (bicyclic) bond motifs is 3. The molecule has 2 amide bonds. The molecule has 3 aromatic rings. The Kier molecular flexibility index (Phi) is 7.14. The third kappa shape index (κ3) is 5.34. The highest BCUT2D eigenvalue weighted by molar-refractivity contribution is 6.01. The Morgan fingerprint density at radius 2 is 1.71 bits per heavy atom. The van der Waals surface area contributed by atoms with Crippen LogP contribution in [0.1, 0.15) is 47.2 Å². The molecule has 0 spiro atoms. The quantitative estimate of drug-likeness (QED) is 0.429. The second-order valence-corrected chi connectivity index (χ2v) is 8.73. The van der Waals surface area contributed by atoms with Crippen LogP contribution in [0.2, 0.25) is 0 Å². The van der Waals surface area contributed by atoms with Crippen molar-refractivity contribution < 1.29 is 24.2 Å². The highest BCUT2D eigenvalue weighted by atomic mass is 16.5. The Morgan fingerprint density at radius 3 is 2.34 bits per heavy atom. The van der Waals surface area contributed by atoms with Crippen LogP contribution in [0.15, 0.2) is 54.7 Å². The second-order valence-electron chi connectivity index (χ2n) is 8.73. The van der Waals surface area contributed by atoms with Gasteiger partial charge in [0, 0.05) is 25.9 Å². The number of carbonyl (C=O) groups is 3. The van der Waals surface area contributed by atoms with E-state index < -0.39 is 18.0 Å². The van der Waals surface area contributed by atoms with Crippen LogP contribution in [-0.4, -0.2) is 46.0 Å². The number of anilines is 1. The summed E-state index contributed by atoms with van der Waals surface area (Å²) in [5, 5.41) is 18.3. The Bertz CT molecular complexity index is 1210. The molecule has 0 bridgehead atoms. The molecular weight excluding hydrogens is 448 g/mol. The van der Waals surface area contributed by atoms with Gasteiger partial charge in [0.1, 0.15) is 18.0 Å². The van der Waals surface area contributed by atoms with E-state index in [1.165, 1.54) is 10.9 Å². The van der Waals surface area contributed by atoms with Gasteiger partial charge in [-0.25, -0.2) is 4.79 Å². The molecular formula is C26H28N4O5. The van der Waals surface area contributed by atoms with E-state index >= 15 is 0 Å². The molecule has 0 fully saturated rings. The third-order valence-electron chi connectivity index (χ3n) is 6.19. The number of hydrogen-bond donors (Lipinski definition) is 3. The highest BCUT2D eigenvalue weighted by Gasteiger charge is 2.29. The molecule has 0 radical (unpaired) electrons. The van der Waals surface area contributed by atoms with Gasteiger partial charge in [-0.2, -0.15) is 5.10 Å². The average molecular weight is 477 g/mol. The number of ether oxygens (including phenoxy) is 1. The fraction of sp³-hybridized carbons (Fsp3) is 0.308. The number of aryl methyl sites for hydroxylation is 1. The van der Waals surface area contributed by atoms with Gasteiger partial charge in [0.15, 0.2) is 0 Å². The number of carboxylic acid groups (broad SMARTS) is 1. The van der Waals surface area contributed by atoms with Crippen molar-refractivity contribution in [3.8, 4) is 11.1 Å². The minimum atomic E-state index is -0.870. The van der Waals surface area contributed by atoms with Gasteiger partial charge in [-0.05, 0) is 34.6 Å². The number of aromatic nitrogens is 2. The van der Waals surface area contributed by atoms with Gasteiger partial charge in [0.2, 0.25) is 0 Å². The van der Waals surface area contributed by atoms with Crippen LogP contribution in [0.3, 0.4) is 0 Å². The van der Waals surface area contributed by atoms with Crippen LogP contribution in [0, 0.1) is 5.92 Å². The molecule has 2 aromatic carbocycles. The lowest BCUT2D eigenvalue weighted by atomic mass is 9.98. The molecule has 4 rings (SSSR count). The molecule has 1 unspecified atom stereocenters. The van der Waals surface area contributed by atoms with Crippen molar-refractivity contribution in [2.24, 2.45) is 13.0 Å². The normalized spacial score (nSPS) is 13.0. The zero-order valence-electron chi connectivity index (χ0n) is 19.7. The van der Waals surface area contributed by atoms with E-state index in [4.69, 9.17) is 9.84 Å². The minimum Gasteiger partial charge on any atom is -0.481 e. The first kappa shape index (κ1) is 24.0. The van der Waals surface area contributed by atoms with Gasteiger partial charge < -0.3 is 15.2 Å². The summed E-state index contributed by atoms with van der Waals surface area (Å²) >= 11 is 0. The van der Waals surface area contributed by atoms with Crippen LogP contribution in [0.5, 0.6) is 0 Å². The molecule has 0 saturated carbocycles. The minimum absolute atomic E-state index is 0.0390. The molecule has 1 aromatic heterocycles. The van der Waals surface area contributed by atoms with Gasteiger partial charge in [-0.3, -0.25) is 19.6 Å². The number of nitrogens with one attached hydrogen (secondary N) is 2. The molecule has 35 heavy (non-hydrogen) atoms. The Labute approximate surface area is 203 Å². The molecule has 9 heteroatoms. The van der Waals surface area contributed by atoms with Gasteiger partial charge in [-0.15, -0.1) is 0 Å². The molecule has 1 aliphatic rings. The lowest BCUT2D eigenvalue weighted by Crippen LogP contribution is -2.27. The van der Waals surface area contributed by atoms with E-state index in [0.717, 1.165) is 22.3 Å². The molecule has 1 aliphatic carbocycles. The number of nitrogens with zero attached hydrogens (tertiary/aromatic N) is 2. The maximum atomic E-state index is 12.7. The van der Waals surface area contributed by atoms with Crippen molar-refractivity contribution in [2.75, 3.05) is 18.5 Å². The molecule has 3 N–H and O–H groups in total. The summed E-state index contributed by atoms with van der Waals surface area (Å²) in [5.74, 6) is -1.20.